The Kier molecular flexibility index (Phi) is 6.17. The fourth-order valence-electron chi connectivity index (χ4n) is 4.53. The zero-order valence-corrected chi connectivity index (χ0v) is 21.8. The van der Waals surface area contributed by atoms with E-state index in [9.17, 15) is 9.59 Å². The number of carbonyl (C=O) groups excluding carboxylic acids is 2. The summed E-state index contributed by atoms with van der Waals surface area (Å²) in [6, 6.07) is 10.2. The van der Waals surface area contributed by atoms with Gasteiger partial charge in [0.2, 0.25) is 11.8 Å². The predicted octanol–water partition coefficient (Wildman–Crippen LogP) is 5.12. The number of hydrogen-bond donors (Lipinski definition) is 2. The Morgan fingerprint density at radius 1 is 1.16 bits per heavy atom. The lowest BCUT2D eigenvalue weighted by molar-refractivity contribution is -0.120. The number of halogens is 1. The number of aryl methyl sites for hydroxylation is 1. The Hall–Kier alpha value is -4.27. The standard InChI is InChI=1S/C29H30FN5O3/c1-17-11-18(12-26(36)34-20-15-33-35(16-20)28(2,3)4)22(30)14-25(17)38-24-7-10-32-23-6-5-19(13-21(23)24)29(8-9-29)27(31)37/h5-7,10-11,13-16H,8-9,12H2,1-4H3,(H2,31,37)(H,34,36). The molecule has 2 amide bonds. The third-order valence-electron chi connectivity index (χ3n) is 6.94. The van der Waals surface area contributed by atoms with Gasteiger partial charge in [0.1, 0.15) is 17.3 Å². The van der Waals surface area contributed by atoms with Crippen molar-refractivity contribution >= 4 is 28.4 Å². The molecule has 1 aliphatic carbocycles. The first-order valence-electron chi connectivity index (χ1n) is 12.5. The van der Waals surface area contributed by atoms with E-state index in [1.54, 1.807) is 42.3 Å². The lowest BCUT2D eigenvalue weighted by atomic mass is 9.94. The van der Waals surface area contributed by atoms with Gasteiger partial charge in [-0.25, -0.2) is 4.39 Å². The van der Waals surface area contributed by atoms with Crippen LogP contribution in [0.25, 0.3) is 10.9 Å². The van der Waals surface area contributed by atoms with Gasteiger partial charge in [-0.1, -0.05) is 6.07 Å². The number of hydrogen-bond acceptors (Lipinski definition) is 5. The maximum absolute atomic E-state index is 15.1. The first-order chi connectivity index (χ1) is 18.0. The van der Waals surface area contributed by atoms with Crippen molar-refractivity contribution < 1.29 is 18.7 Å². The van der Waals surface area contributed by atoms with Gasteiger partial charge in [-0.15, -0.1) is 0 Å². The number of rotatable bonds is 7. The molecular weight excluding hydrogens is 485 g/mol. The quantitative estimate of drug-likeness (QED) is 0.355. The van der Waals surface area contributed by atoms with Crippen LogP contribution in [0.4, 0.5) is 10.1 Å². The molecule has 196 valence electrons. The molecule has 5 rings (SSSR count). The minimum Gasteiger partial charge on any atom is -0.456 e. The summed E-state index contributed by atoms with van der Waals surface area (Å²) < 4.78 is 23.0. The van der Waals surface area contributed by atoms with Crippen molar-refractivity contribution in [2.24, 2.45) is 5.73 Å². The van der Waals surface area contributed by atoms with Crippen LogP contribution in [0.1, 0.15) is 50.3 Å². The number of aromatic nitrogens is 3. The van der Waals surface area contributed by atoms with Crippen LogP contribution in [-0.4, -0.2) is 26.6 Å². The summed E-state index contributed by atoms with van der Waals surface area (Å²) in [4.78, 5) is 29.0. The molecule has 0 atom stereocenters. The smallest absolute Gasteiger partial charge is 0.228 e. The average molecular weight is 516 g/mol. The molecule has 4 aromatic rings. The fourth-order valence-corrected chi connectivity index (χ4v) is 4.53. The summed E-state index contributed by atoms with van der Waals surface area (Å²) >= 11 is 0. The Labute approximate surface area is 220 Å². The number of anilines is 1. The summed E-state index contributed by atoms with van der Waals surface area (Å²) in [5, 5.41) is 7.75. The highest BCUT2D eigenvalue weighted by molar-refractivity contribution is 5.93. The molecule has 0 unspecified atom stereocenters. The minimum absolute atomic E-state index is 0.135. The van der Waals surface area contributed by atoms with Crippen molar-refractivity contribution in [2.45, 2.75) is 57.9 Å². The van der Waals surface area contributed by atoms with Gasteiger partial charge in [-0.3, -0.25) is 19.3 Å². The van der Waals surface area contributed by atoms with E-state index in [1.165, 1.54) is 6.07 Å². The molecule has 0 radical (unpaired) electrons. The molecule has 0 saturated heterocycles. The Bertz CT molecular complexity index is 1570. The average Bonchev–Trinajstić information content (AvgIpc) is 3.54. The molecule has 2 aromatic carbocycles. The summed E-state index contributed by atoms with van der Waals surface area (Å²) in [6.07, 6.45) is 6.22. The lowest BCUT2D eigenvalue weighted by Gasteiger charge is -2.18. The maximum Gasteiger partial charge on any atom is 0.228 e. The SMILES string of the molecule is Cc1cc(CC(=O)Nc2cnn(C(C)(C)C)c2)c(F)cc1Oc1ccnc2ccc(C3(C(N)=O)CC3)cc12. The van der Waals surface area contributed by atoms with Gasteiger partial charge in [-0.2, -0.15) is 5.10 Å². The van der Waals surface area contributed by atoms with Crippen LogP contribution >= 0.6 is 0 Å². The molecule has 1 saturated carbocycles. The first-order valence-corrected chi connectivity index (χ1v) is 12.5. The molecule has 0 aliphatic heterocycles. The van der Waals surface area contributed by atoms with Crippen LogP contribution in [0.15, 0.2) is 55.0 Å². The van der Waals surface area contributed by atoms with E-state index in [4.69, 9.17) is 10.5 Å². The van der Waals surface area contributed by atoms with Gasteiger partial charge < -0.3 is 15.8 Å². The summed E-state index contributed by atoms with van der Waals surface area (Å²) in [7, 11) is 0. The Morgan fingerprint density at radius 2 is 1.92 bits per heavy atom. The van der Waals surface area contributed by atoms with Crippen LogP contribution in [0.2, 0.25) is 0 Å². The van der Waals surface area contributed by atoms with E-state index >= 15 is 4.39 Å². The highest BCUT2D eigenvalue weighted by Gasteiger charge is 2.50. The second-order valence-corrected chi connectivity index (χ2v) is 10.9. The highest BCUT2D eigenvalue weighted by Crippen LogP contribution is 2.49. The molecule has 2 heterocycles. The molecule has 9 heteroatoms. The molecule has 8 nitrogen and oxygen atoms in total. The Balaban J connectivity index is 1.36. The van der Waals surface area contributed by atoms with Gasteiger partial charge >= 0.3 is 0 Å². The van der Waals surface area contributed by atoms with Crippen LogP contribution in [0.3, 0.4) is 0 Å². The number of benzene rings is 2. The highest BCUT2D eigenvalue weighted by atomic mass is 19.1. The fraction of sp³-hybridized carbons (Fsp3) is 0.310. The summed E-state index contributed by atoms with van der Waals surface area (Å²) in [5.74, 6) is -0.422. The molecule has 1 fully saturated rings. The number of amides is 2. The molecule has 0 bridgehead atoms. The summed E-state index contributed by atoms with van der Waals surface area (Å²) in [5.41, 5.74) is 7.79. The van der Waals surface area contributed by atoms with Crippen molar-refractivity contribution in [2.75, 3.05) is 5.32 Å². The number of ether oxygens (including phenoxy) is 1. The number of fused-ring (bicyclic) bond motifs is 1. The first kappa shape index (κ1) is 25.4. The zero-order valence-electron chi connectivity index (χ0n) is 21.8. The van der Waals surface area contributed by atoms with Gasteiger partial charge in [0.15, 0.2) is 0 Å². The lowest BCUT2D eigenvalue weighted by Crippen LogP contribution is -2.28. The van der Waals surface area contributed by atoms with Crippen LogP contribution in [-0.2, 0) is 27.0 Å². The molecule has 2 aromatic heterocycles. The van der Waals surface area contributed by atoms with Gasteiger partial charge in [0.05, 0.1) is 34.8 Å². The van der Waals surface area contributed by atoms with E-state index < -0.39 is 11.2 Å². The number of nitrogens with zero attached hydrogens (tertiary/aromatic N) is 3. The third-order valence-corrected chi connectivity index (χ3v) is 6.94. The number of carbonyl (C=O) groups is 2. The van der Waals surface area contributed by atoms with E-state index in [0.29, 0.717) is 46.5 Å². The monoisotopic (exact) mass is 515 g/mol. The maximum atomic E-state index is 15.1. The second-order valence-electron chi connectivity index (χ2n) is 10.9. The van der Waals surface area contributed by atoms with Crippen molar-refractivity contribution in [3.05, 3.63) is 77.5 Å². The minimum atomic E-state index is -0.642. The Morgan fingerprint density at radius 3 is 2.58 bits per heavy atom. The largest absolute Gasteiger partial charge is 0.456 e. The summed E-state index contributed by atoms with van der Waals surface area (Å²) in [6.45, 7) is 7.81. The third kappa shape index (κ3) is 4.83. The number of pyridine rings is 1. The van der Waals surface area contributed by atoms with Gasteiger partial charge in [-0.05, 0) is 81.5 Å². The van der Waals surface area contributed by atoms with E-state index in [1.807, 2.05) is 39.0 Å². The van der Waals surface area contributed by atoms with E-state index in [0.717, 1.165) is 5.56 Å². The molecule has 3 N–H and O–H groups in total. The van der Waals surface area contributed by atoms with Gasteiger partial charge in [0.25, 0.3) is 0 Å². The van der Waals surface area contributed by atoms with E-state index in [2.05, 4.69) is 15.4 Å². The molecule has 38 heavy (non-hydrogen) atoms. The second kappa shape index (κ2) is 9.24. The van der Waals surface area contributed by atoms with E-state index in [-0.39, 0.29) is 29.3 Å². The molecule has 0 spiro atoms. The predicted molar refractivity (Wildman–Crippen MR) is 143 cm³/mol. The van der Waals surface area contributed by atoms with Crippen LogP contribution in [0.5, 0.6) is 11.5 Å². The van der Waals surface area contributed by atoms with Crippen LogP contribution < -0.4 is 15.8 Å². The van der Waals surface area contributed by atoms with Gasteiger partial charge in [0, 0.05) is 23.8 Å². The van der Waals surface area contributed by atoms with Crippen molar-refractivity contribution in [3.63, 3.8) is 0 Å². The molecule has 1 aliphatic rings. The van der Waals surface area contributed by atoms with Crippen LogP contribution in [0, 0.1) is 12.7 Å². The zero-order chi connectivity index (χ0) is 27.2. The number of nitrogens with two attached hydrogens (primary N) is 1. The topological polar surface area (TPSA) is 112 Å². The normalized spacial score (nSPS) is 14.3. The molecular formula is C29H30FN5O3. The number of nitrogens with one attached hydrogen (secondary N) is 1. The van der Waals surface area contributed by atoms with Crippen molar-refractivity contribution in [1.29, 1.82) is 0 Å². The van der Waals surface area contributed by atoms with Crippen molar-refractivity contribution in [3.8, 4) is 11.5 Å². The number of primary amides is 1. The van der Waals surface area contributed by atoms with Crippen molar-refractivity contribution in [1.82, 2.24) is 14.8 Å².